The summed E-state index contributed by atoms with van der Waals surface area (Å²) in [5.74, 6) is -0.919. The van der Waals surface area contributed by atoms with E-state index in [1.54, 1.807) is 12.4 Å². The van der Waals surface area contributed by atoms with Crippen molar-refractivity contribution in [2.45, 2.75) is 13.3 Å². The Morgan fingerprint density at radius 1 is 1.33 bits per heavy atom. The Bertz CT molecular complexity index is 652. The van der Waals surface area contributed by atoms with E-state index in [1.165, 1.54) is 4.90 Å². The van der Waals surface area contributed by atoms with Crippen molar-refractivity contribution in [1.82, 2.24) is 9.88 Å². The van der Waals surface area contributed by atoms with Gasteiger partial charge in [-0.15, -0.1) is 0 Å². The number of anilines is 1. The minimum atomic E-state index is -0.919. The van der Waals surface area contributed by atoms with Crippen molar-refractivity contribution >= 4 is 28.5 Å². The zero-order chi connectivity index (χ0) is 15.2. The van der Waals surface area contributed by atoms with Crippen LogP contribution in [0.25, 0.3) is 10.8 Å². The Hall–Kier alpha value is -2.63. The summed E-state index contributed by atoms with van der Waals surface area (Å²) >= 11 is 0. The molecule has 0 spiro atoms. The highest BCUT2D eigenvalue weighted by Crippen LogP contribution is 2.22. The first-order chi connectivity index (χ1) is 10.1. The third-order valence-corrected chi connectivity index (χ3v) is 3.19. The van der Waals surface area contributed by atoms with E-state index in [9.17, 15) is 9.59 Å². The van der Waals surface area contributed by atoms with Gasteiger partial charge in [-0.05, 0) is 19.1 Å². The van der Waals surface area contributed by atoms with Gasteiger partial charge in [0.15, 0.2) is 0 Å². The topological polar surface area (TPSA) is 82.5 Å². The number of rotatable bonds is 5. The highest BCUT2D eigenvalue weighted by Gasteiger charge is 2.14. The van der Waals surface area contributed by atoms with Gasteiger partial charge in [-0.3, -0.25) is 9.78 Å². The SMILES string of the molecule is CCN(CCC(=O)O)C(=O)Nc1cccc2cnccc12. The fraction of sp³-hybridized carbons (Fsp3) is 0.267. The number of urea groups is 1. The van der Waals surface area contributed by atoms with Crippen LogP contribution in [0.1, 0.15) is 13.3 Å². The summed E-state index contributed by atoms with van der Waals surface area (Å²) in [6.07, 6.45) is 3.33. The number of benzene rings is 1. The number of nitrogens with zero attached hydrogens (tertiary/aromatic N) is 2. The zero-order valence-electron chi connectivity index (χ0n) is 11.7. The minimum Gasteiger partial charge on any atom is -0.481 e. The van der Waals surface area contributed by atoms with Crippen LogP contribution in [0.15, 0.2) is 36.7 Å². The predicted molar refractivity (Wildman–Crippen MR) is 80.3 cm³/mol. The summed E-state index contributed by atoms with van der Waals surface area (Å²) in [7, 11) is 0. The predicted octanol–water partition coefficient (Wildman–Crippen LogP) is 2.56. The highest BCUT2D eigenvalue weighted by molar-refractivity contribution is 6.01. The number of carboxylic acids is 1. The van der Waals surface area contributed by atoms with Gasteiger partial charge in [0.2, 0.25) is 0 Å². The second kappa shape index (κ2) is 6.69. The van der Waals surface area contributed by atoms with Gasteiger partial charge in [0, 0.05) is 36.3 Å². The molecule has 6 nitrogen and oxygen atoms in total. The molecule has 0 aliphatic carbocycles. The van der Waals surface area contributed by atoms with Crippen molar-refractivity contribution in [2.75, 3.05) is 18.4 Å². The van der Waals surface area contributed by atoms with Gasteiger partial charge in [0.05, 0.1) is 12.1 Å². The number of fused-ring (bicyclic) bond motifs is 1. The molecule has 1 aromatic carbocycles. The molecule has 6 heteroatoms. The number of hydrogen-bond acceptors (Lipinski definition) is 3. The normalized spacial score (nSPS) is 10.3. The average molecular weight is 287 g/mol. The van der Waals surface area contributed by atoms with Crippen LogP contribution in [0.3, 0.4) is 0 Å². The molecular formula is C15H17N3O3. The Kier molecular flexibility index (Phi) is 4.71. The van der Waals surface area contributed by atoms with E-state index in [-0.39, 0.29) is 19.0 Å². The molecule has 2 rings (SSSR count). The van der Waals surface area contributed by atoms with Crippen LogP contribution in [-0.2, 0) is 4.79 Å². The first kappa shape index (κ1) is 14.8. The first-order valence-corrected chi connectivity index (χ1v) is 6.72. The summed E-state index contributed by atoms with van der Waals surface area (Å²) < 4.78 is 0. The van der Waals surface area contributed by atoms with Gasteiger partial charge in [-0.2, -0.15) is 0 Å². The van der Waals surface area contributed by atoms with Crippen LogP contribution in [0, 0.1) is 0 Å². The van der Waals surface area contributed by atoms with E-state index < -0.39 is 5.97 Å². The summed E-state index contributed by atoms with van der Waals surface area (Å²) in [5, 5.41) is 13.4. The number of nitrogens with one attached hydrogen (secondary N) is 1. The Balaban J connectivity index is 2.15. The van der Waals surface area contributed by atoms with Gasteiger partial charge < -0.3 is 15.3 Å². The van der Waals surface area contributed by atoms with Crippen LogP contribution < -0.4 is 5.32 Å². The Morgan fingerprint density at radius 2 is 2.14 bits per heavy atom. The largest absolute Gasteiger partial charge is 0.481 e. The second-order valence-electron chi connectivity index (χ2n) is 4.56. The molecule has 2 N–H and O–H groups in total. The number of pyridine rings is 1. The molecule has 21 heavy (non-hydrogen) atoms. The van der Waals surface area contributed by atoms with Crippen molar-refractivity contribution in [3.05, 3.63) is 36.7 Å². The van der Waals surface area contributed by atoms with Crippen LogP contribution in [0.4, 0.5) is 10.5 Å². The first-order valence-electron chi connectivity index (χ1n) is 6.72. The monoisotopic (exact) mass is 287 g/mol. The molecule has 2 amide bonds. The number of aromatic nitrogens is 1. The molecule has 0 aliphatic rings. The minimum absolute atomic E-state index is 0.0687. The molecular weight excluding hydrogens is 270 g/mol. The Labute approximate surface area is 122 Å². The van der Waals surface area contributed by atoms with E-state index in [4.69, 9.17) is 5.11 Å². The molecule has 1 aromatic heterocycles. The van der Waals surface area contributed by atoms with Crippen molar-refractivity contribution in [3.8, 4) is 0 Å². The summed E-state index contributed by atoms with van der Waals surface area (Å²) in [6.45, 7) is 2.45. The standard InChI is InChI=1S/C15H17N3O3/c1-2-18(9-7-14(19)20)15(21)17-13-5-3-4-11-10-16-8-6-12(11)13/h3-6,8,10H,2,7,9H2,1H3,(H,17,21)(H,19,20). The third kappa shape index (κ3) is 3.68. The van der Waals surface area contributed by atoms with E-state index in [1.807, 2.05) is 31.2 Å². The maximum atomic E-state index is 12.2. The molecule has 0 saturated heterocycles. The smallest absolute Gasteiger partial charge is 0.321 e. The maximum Gasteiger partial charge on any atom is 0.321 e. The molecule has 0 aliphatic heterocycles. The van der Waals surface area contributed by atoms with Crippen molar-refractivity contribution < 1.29 is 14.7 Å². The van der Waals surface area contributed by atoms with Crippen molar-refractivity contribution in [3.63, 3.8) is 0 Å². The lowest BCUT2D eigenvalue weighted by Crippen LogP contribution is -2.36. The number of hydrogen-bond donors (Lipinski definition) is 2. The maximum absolute atomic E-state index is 12.2. The number of carbonyl (C=O) groups is 2. The molecule has 1 heterocycles. The molecule has 0 unspecified atom stereocenters. The van der Waals surface area contributed by atoms with E-state index in [0.29, 0.717) is 12.2 Å². The lowest BCUT2D eigenvalue weighted by Gasteiger charge is -2.21. The molecule has 2 aromatic rings. The highest BCUT2D eigenvalue weighted by atomic mass is 16.4. The second-order valence-corrected chi connectivity index (χ2v) is 4.56. The average Bonchev–Trinajstić information content (AvgIpc) is 2.48. The summed E-state index contributed by atoms with van der Waals surface area (Å²) in [4.78, 5) is 28.3. The van der Waals surface area contributed by atoms with Gasteiger partial charge in [-0.1, -0.05) is 12.1 Å². The fourth-order valence-corrected chi connectivity index (χ4v) is 2.06. The van der Waals surface area contributed by atoms with Crippen LogP contribution >= 0.6 is 0 Å². The number of amides is 2. The molecule has 0 saturated carbocycles. The van der Waals surface area contributed by atoms with Crippen LogP contribution in [0.5, 0.6) is 0 Å². The molecule has 110 valence electrons. The number of carbonyl (C=O) groups excluding carboxylic acids is 1. The van der Waals surface area contributed by atoms with Gasteiger partial charge in [0.1, 0.15) is 0 Å². The third-order valence-electron chi connectivity index (χ3n) is 3.19. The number of carboxylic acid groups (broad SMARTS) is 1. The molecule has 0 bridgehead atoms. The lowest BCUT2D eigenvalue weighted by molar-refractivity contribution is -0.137. The summed E-state index contributed by atoms with van der Waals surface area (Å²) in [5.41, 5.74) is 0.689. The molecule has 0 atom stereocenters. The summed E-state index contributed by atoms with van der Waals surface area (Å²) in [6, 6.07) is 7.10. The lowest BCUT2D eigenvalue weighted by atomic mass is 10.1. The van der Waals surface area contributed by atoms with Crippen molar-refractivity contribution in [2.24, 2.45) is 0 Å². The quantitative estimate of drug-likeness (QED) is 0.885. The van der Waals surface area contributed by atoms with Gasteiger partial charge in [0.25, 0.3) is 0 Å². The van der Waals surface area contributed by atoms with E-state index in [2.05, 4.69) is 10.3 Å². The number of aliphatic carboxylic acids is 1. The van der Waals surface area contributed by atoms with Crippen molar-refractivity contribution in [1.29, 1.82) is 0 Å². The van der Waals surface area contributed by atoms with Gasteiger partial charge >= 0.3 is 12.0 Å². The van der Waals surface area contributed by atoms with E-state index in [0.717, 1.165) is 10.8 Å². The Morgan fingerprint density at radius 3 is 2.86 bits per heavy atom. The van der Waals surface area contributed by atoms with E-state index >= 15 is 0 Å². The molecule has 0 fully saturated rings. The fourth-order valence-electron chi connectivity index (χ4n) is 2.06. The van der Waals surface area contributed by atoms with Crippen LogP contribution in [0.2, 0.25) is 0 Å². The zero-order valence-corrected chi connectivity index (χ0v) is 11.7. The van der Waals surface area contributed by atoms with Gasteiger partial charge in [-0.25, -0.2) is 4.79 Å². The van der Waals surface area contributed by atoms with Crippen LogP contribution in [-0.4, -0.2) is 40.1 Å². The molecule has 0 radical (unpaired) electrons.